The van der Waals surface area contributed by atoms with E-state index in [0.717, 1.165) is 21.7 Å². The Balaban J connectivity index is 1.87. The van der Waals surface area contributed by atoms with Gasteiger partial charge in [0.05, 0.1) is 19.7 Å². The van der Waals surface area contributed by atoms with Gasteiger partial charge in [-0.2, -0.15) is 0 Å². The van der Waals surface area contributed by atoms with Crippen LogP contribution in [0.3, 0.4) is 0 Å². The van der Waals surface area contributed by atoms with Gasteiger partial charge in [-0.25, -0.2) is 4.98 Å². The molecule has 0 atom stereocenters. The SMILES string of the molecule is COc1ccc(P(=O)(c2ccc(OC)cc2)c2nc3ccccc3c3ccccc23)cc1. The summed E-state index contributed by atoms with van der Waals surface area (Å²) in [5.74, 6) is 1.43. The molecule has 0 fully saturated rings. The van der Waals surface area contributed by atoms with E-state index in [1.165, 1.54) is 0 Å². The zero-order valence-electron chi connectivity index (χ0n) is 17.9. The van der Waals surface area contributed by atoms with E-state index < -0.39 is 7.14 Å². The number of aromatic nitrogens is 1. The summed E-state index contributed by atoms with van der Waals surface area (Å²) in [6.45, 7) is 0. The first-order valence-corrected chi connectivity index (χ1v) is 12.0. The molecule has 5 aromatic rings. The number of para-hydroxylation sites is 1. The number of hydrogen-bond donors (Lipinski definition) is 0. The van der Waals surface area contributed by atoms with Crippen LogP contribution in [0.15, 0.2) is 97.1 Å². The van der Waals surface area contributed by atoms with Crippen LogP contribution < -0.4 is 25.5 Å². The van der Waals surface area contributed by atoms with Crippen LogP contribution in [0.5, 0.6) is 11.5 Å². The molecule has 0 bridgehead atoms. The van der Waals surface area contributed by atoms with E-state index in [0.29, 0.717) is 27.5 Å². The highest BCUT2D eigenvalue weighted by molar-refractivity contribution is 7.85. The van der Waals surface area contributed by atoms with Crippen LogP contribution in [0.4, 0.5) is 0 Å². The second kappa shape index (κ2) is 8.14. The molecule has 0 aliphatic carbocycles. The number of hydrogen-bond acceptors (Lipinski definition) is 4. The largest absolute Gasteiger partial charge is 0.497 e. The lowest BCUT2D eigenvalue weighted by Gasteiger charge is -2.22. The van der Waals surface area contributed by atoms with Gasteiger partial charge in [0.25, 0.3) is 0 Å². The van der Waals surface area contributed by atoms with Gasteiger partial charge in [-0.05, 0) is 60.0 Å². The van der Waals surface area contributed by atoms with E-state index in [9.17, 15) is 0 Å². The Morgan fingerprint density at radius 1 is 0.594 bits per heavy atom. The number of benzene rings is 4. The summed E-state index contributed by atoms with van der Waals surface area (Å²) >= 11 is 0. The van der Waals surface area contributed by atoms with Gasteiger partial charge < -0.3 is 14.0 Å². The number of methoxy groups -OCH3 is 2. The molecule has 0 unspecified atom stereocenters. The third-order valence-electron chi connectivity index (χ3n) is 5.76. The average Bonchev–Trinajstić information content (AvgIpc) is 2.88. The summed E-state index contributed by atoms with van der Waals surface area (Å²) < 4.78 is 25.8. The highest BCUT2D eigenvalue weighted by Crippen LogP contribution is 2.45. The van der Waals surface area contributed by atoms with Crippen LogP contribution in [-0.4, -0.2) is 19.2 Å². The first kappa shape index (κ1) is 20.3. The van der Waals surface area contributed by atoms with Crippen molar-refractivity contribution in [2.24, 2.45) is 0 Å². The van der Waals surface area contributed by atoms with Gasteiger partial charge in [0, 0.05) is 21.4 Å². The Hall–Kier alpha value is -3.62. The van der Waals surface area contributed by atoms with Crippen LogP contribution in [0, 0.1) is 0 Å². The quantitative estimate of drug-likeness (QED) is 0.284. The Bertz CT molecular complexity index is 1410. The summed E-state index contributed by atoms with van der Waals surface area (Å²) in [6, 6.07) is 30.9. The van der Waals surface area contributed by atoms with Crippen molar-refractivity contribution in [3.63, 3.8) is 0 Å². The molecule has 4 nitrogen and oxygen atoms in total. The van der Waals surface area contributed by atoms with Crippen molar-refractivity contribution in [2.45, 2.75) is 0 Å². The molecule has 158 valence electrons. The molecule has 0 radical (unpaired) electrons. The predicted octanol–water partition coefficient (Wildman–Crippen LogP) is 5.04. The van der Waals surface area contributed by atoms with Crippen LogP contribution in [0.2, 0.25) is 0 Å². The van der Waals surface area contributed by atoms with Gasteiger partial charge >= 0.3 is 0 Å². The molecule has 0 N–H and O–H groups in total. The summed E-state index contributed by atoms with van der Waals surface area (Å²) in [4.78, 5) is 4.99. The zero-order chi connectivity index (χ0) is 22.1. The van der Waals surface area contributed by atoms with Gasteiger partial charge in [-0.3, -0.25) is 0 Å². The standard InChI is InChI=1S/C27H22NO3P/c1-30-19-11-15-21(16-12-19)32(29,22-17-13-20(31-2)14-18-22)27-25-9-4-3-7-23(25)24-8-5-6-10-26(24)28-27/h3-18H,1-2H3. The molecule has 4 aromatic carbocycles. The first-order valence-electron chi connectivity index (χ1n) is 10.3. The Kier molecular flexibility index (Phi) is 5.16. The zero-order valence-corrected chi connectivity index (χ0v) is 18.8. The molecule has 5 heteroatoms. The van der Waals surface area contributed by atoms with E-state index >= 15 is 4.57 Å². The van der Waals surface area contributed by atoms with Crippen molar-refractivity contribution >= 4 is 44.9 Å². The van der Waals surface area contributed by atoms with Crippen LogP contribution in [0.1, 0.15) is 0 Å². The van der Waals surface area contributed by atoms with Crippen molar-refractivity contribution < 1.29 is 14.0 Å². The molecule has 0 spiro atoms. The fourth-order valence-corrected chi connectivity index (χ4v) is 6.81. The minimum absolute atomic E-state index is 0.585. The maximum absolute atomic E-state index is 15.1. The normalized spacial score (nSPS) is 11.6. The molecule has 1 aromatic heterocycles. The van der Waals surface area contributed by atoms with E-state index in [1.807, 2.05) is 84.9 Å². The van der Waals surface area contributed by atoms with Gasteiger partial charge in [-0.1, -0.05) is 42.5 Å². The molecule has 32 heavy (non-hydrogen) atoms. The Morgan fingerprint density at radius 2 is 1.06 bits per heavy atom. The monoisotopic (exact) mass is 439 g/mol. The fraction of sp³-hybridized carbons (Fsp3) is 0.0741. The molecular formula is C27H22NO3P. The minimum atomic E-state index is -3.31. The molecule has 0 aliphatic heterocycles. The molecule has 0 amide bonds. The Morgan fingerprint density at radius 3 is 1.59 bits per heavy atom. The van der Waals surface area contributed by atoms with Crippen molar-refractivity contribution in [1.29, 1.82) is 0 Å². The summed E-state index contributed by atoms with van der Waals surface area (Å²) in [5, 5.41) is 4.38. The van der Waals surface area contributed by atoms with Gasteiger partial charge in [0.1, 0.15) is 16.9 Å². The van der Waals surface area contributed by atoms with Gasteiger partial charge in [-0.15, -0.1) is 0 Å². The van der Waals surface area contributed by atoms with Crippen molar-refractivity contribution in [3.05, 3.63) is 97.1 Å². The second-order valence-electron chi connectivity index (χ2n) is 7.50. The lowest BCUT2D eigenvalue weighted by atomic mass is 10.1. The lowest BCUT2D eigenvalue weighted by Crippen LogP contribution is -2.27. The smallest absolute Gasteiger partial charge is 0.189 e. The highest BCUT2D eigenvalue weighted by atomic mass is 31.2. The fourth-order valence-electron chi connectivity index (χ4n) is 4.10. The average molecular weight is 439 g/mol. The van der Waals surface area contributed by atoms with Crippen LogP contribution in [-0.2, 0) is 4.57 Å². The van der Waals surface area contributed by atoms with Crippen molar-refractivity contribution in [1.82, 2.24) is 4.98 Å². The highest BCUT2D eigenvalue weighted by Gasteiger charge is 2.33. The molecule has 1 heterocycles. The first-order chi connectivity index (χ1) is 15.6. The van der Waals surface area contributed by atoms with E-state index in [4.69, 9.17) is 14.5 Å². The second-order valence-corrected chi connectivity index (χ2v) is 10.2. The summed E-state index contributed by atoms with van der Waals surface area (Å²) in [7, 11) is -0.0662. The van der Waals surface area contributed by atoms with Crippen molar-refractivity contribution in [2.75, 3.05) is 14.2 Å². The number of nitrogens with zero attached hydrogens (tertiary/aromatic N) is 1. The number of rotatable bonds is 5. The number of pyridine rings is 1. The number of ether oxygens (including phenoxy) is 2. The topological polar surface area (TPSA) is 48.4 Å². The molecule has 0 saturated heterocycles. The molecule has 0 aliphatic rings. The molecular weight excluding hydrogens is 417 g/mol. The third-order valence-corrected chi connectivity index (χ3v) is 8.75. The minimum Gasteiger partial charge on any atom is -0.497 e. The third kappa shape index (κ3) is 3.24. The summed E-state index contributed by atoms with van der Waals surface area (Å²) in [6.07, 6.45) is 0. The van der Waals surface area contributed by atoms with Crippen LogP contribution >= 0.6 is 7.14 Å². The van der Waals surface area contributed by atoms with Gasteiger partial charge in [0.15, 0.2) is 7.14 Å². The molecule has 5 rings (SSSR count). The number of fused-ring (bicyclic) bond motifs is 3. The van der Waals surface area contributed by atoms with Gasteiger partial charge in [0.2, 0.25) is 0 Å². The summed E-state index contributed by atoms with van der Waals surface area (Å²) in [5.41, 5.74) is 1.41. The Labute approximate surface area is 186 Å². The maximum atomic E-state index is 15.1. The van der Waals surface area contributed by atoms with E-state index in [-0.39, 0.29) is 0 Å². The predicted molar refractivity (Wildman–Crippen MR) is 132 cm³/mol. The lowest BCUT2D eigenvalue weighted by molar-refractivity contribution is 0.415. The molecule has 0 saturated carbocycles. The van der Waals surface area contributed by atoms with Crippen molar-refractivity contribution in [3.8, 4) is 11.5 Å². The van der Waals surface area contributed by atoms with E-state index in [2.05, 4.69) is 12.1 Å². The van der Waals surface area contributed by atoms with Crippen LogP contribution in [0.25, 0.3) is 21.7 Å². The van der Waals surface area contributed by atoms with E-state index in [1.54, 1.807) is 14.2 Å². The maximum Gasteiger partial charge on any atom is 0.189 e.